The summed E-state index contributed by atoms with van der Waals surface area (Å²) in [7, 11) is 3.31. The molecule has 1 aliphatic rings. The summed E-state index contributed by atoms with van der Waals surface area (Å²) < 4.78 is 13.6. The molecule has 0 spiro atoms. The summed E-state index contributed by atoms with van der Waals surface area (Å²) in [6.45, 7) is 10.3. The normalized spacial score (nSPS) is 14.8. The molecule has 7 heteroatoms. The van der Waals surface area contributed by atoms with Crippen LogP contribution < -0.4 is 15.8 Å². The third-order valence-corrected chi connectivity index (χ3v) is 8.40. The number of aryl methyl sites for hydroxylation is 1. The molecule has 1 atom stereocenters. The van der Waals surface area contributed by atoms with Gasteiger partial charge < -0.3 is 20.5 Å². The molecular weight excluding hydrogens is 482 g/mol. The molecule has 0 bridgehead atoms. The number of rotatable bonds is 7. The van der Waals surface area contributed by atoms with E-state index in [9.17, 15) is 4.79 Å². The number of methoxy groups -OCH3 is 1. The maximum atomic E-state index is 13.1. The molecule has 0 fully saturated rings. The van der Waals surface area contributed by atoms with E-state index in [0.717, 1.165) is 46.1 Å². The zero-order valence-corrected chi connectivity index (χ0v) is 23.4. The van der Waals surface area contributed by atoms with Gasteiger partial charge in [0.2, 0.25) is 0 Å². The highest BCUT2D eigenvalue weighted by Gasteiger charge is 2.41. The van der Waals surface area contributed by atoms with Crippen molar-refractivity contribution in [3.05, 3.63) is 82.4 Å². The Morgan fingerprint density at radius 3 is 2.68 bits per heavy atom. The maximum absolute atomic E-state index is 13.1. The minimum atomic E-state index is -0.816. The Morgan fingerprint density at radius 1 is 1.19 bits per heavy atom. The second-order valence-electron chi connectivity index (χ2n) is 10.1. The highest BCUT2D eigenvalue weighted by Crippen LogP contribution is 2.45. The standard InChI is InChI=1S/C30H37N3O3S/c1-19-11-12-21(17-22(19)18-33-15-16-36-25-9-7-8-10-26(25)37-33)27(30(3,4)29(34)35-6)23-13-14-24(32-5)28(31)20(23)2/h7-14,17,27,32H,15-16,18,31H2,1-6H3. The summed E-state index contributed by atoms with van der Waals surface area (Å²) in [5.41, 5.74) is 12.7. The molecule has 1 heterocycles. The second-order valence-corrected chi connectivity index (χ2v) is 11.2. The molecule has 6 nitrogen and oxygen atoms in total. The Kier molecular flexibility index (Phi) is 8.05. The lowest BCUT2D eigenvalue weighted by atomic mass is 9.69. The number of carbonyl (C=O) groups is 1. The smallest absolute Gasteiger partial charge is 0.312 e. The summed E-state index contributed by atoms with van der Waals surface area (Å²) in [4.78, 5) is 14.2. The molecule has 0 saturated carbocycles. The van der Waals surface area contributed by atoms with Gasteiger partial charge in [-0.25, -0.2) is 4.31 Å². The largest absolute Gasteiger partial charge is 0.491 e. The van der Waals surface area contributed by atoms with Crippen LogP contribution in [-0.4, -0.2) is 37.6 Å². The average molecular weight is 520 g/mol. The number of anilines is 2. The number of carbonyl (C=O) groups excluding carboxylic acids is 1. The van der Waals surface area contributed by atoms with Crippen LogP contribution >= 0.6 is 11.9 Å². The predicted molar refractivity (Wildman–Crippen MR) is 152 cm³/mol. The van der Waals surface area contributed by atoms with Crippen LogP contribution in [0.3, 0.4) is 0 Å². The summed E-state index contributed by atoms with van der Waals surface area (Å²) in [5.74, 6) is 0.430. The van der Waals surface area contributed by atoms with Crippen LogP contribution in [0.15, 0.2) is 59.5 Å². The third kappa shape index (κ3) is 5.43. The average Bonchev–Trinajstić information content (AvgIpc) is 3.09. The lowest BCUT2D eigenvalue weighted by Gasteiger charge is -2.34. The topological polar surface area (TPSA) is 76.8 Å². The number of esters is 1. The number of fused-ring (bicyclic) bond motifs is 1. The first-order valence-electron chi connectivity index (χ1n) is 12.6. The van der Waals surface area contributed by atoms with Crippen LogP contribution in [0.2, 0.25) is 0 Å². The van der Waals surface area contributed by atoms with Crippen LogP contribution in [0.1, 0.15) is 47.6 Å². The van der Waals surface area contributed by atoms with Gasteiger partial charge in [-0.05, 0) is 85.7 Å². The van der Waals surface area contributed by atoms with Crippen LogP contribution in [-0.2, 0) is 16.1 Å². The van der Waals surface area contributed by atoms with Crippen molar-refractivity contribution in [2.24, 2.45) is 5.41 Å². The number of para-hydroxylation sites is 1. The fourth-order valence-electron chi connectivity index (χ4n) is 5.07. The predicted octanol–water partition coefficient (Wildman–Crippen LogP) is 6.16. The van der Waals surface area contributed by atoms with E-state index < -0.39 is 5.41 Å². The van der Waals surface area contributed by atoms with Crippen LogP contribution in [0.25, 0.3) is 0 Å². The van der Waals surface area contributed by atoms with Crippen LogP contribution in [0.5, 0.6) is 5.75 Å². The van der Waals surface area contributed by atoms with Gasteiger partial charge >= 0.3 is 5.97 Å². The Morgan fingerprint density at radius 2 is 1.95 bits per heavy atom. The van der Waals surface area contributed by atoms with E-state index >= 15 is 0 Å². The first-order chi connectivity index (χ1) is 17.7. The van der Waals surface area contributed by atoms with Crippen molar-refractivity contribution < 1.29 is 14.3 Å². The van der Waals surface area contributed by atoms with Gasteiger partial charge in [-0.3, -0.25) is 4.79 Å². The molecule has 0 aliphatic carbocycles. The summed E-state index contributed by atoms with van der Waals surface area (Å²) >= 11 is 1.73. The van der Waals surface area contributed by atoms with Crippen molar-refractivity contribution in [1.29, 1.82) is 0 Å². The van der Waals surface area contributed by atoms with Gasteiger partial charge in [-0.2, -0.15) is 0 Å². The quantitative estimate of drug-likeness (QED) is 0.220. The molecule has 3 aromatic carbocycles. The number of nitrogen functional groups attached to an aromatic ring is 1. The van der Waals surface area contributed by atoms with E-state index in [2.05, 4.69) is 46.9 Å². The number of hydrogen-bond donors (Lipinski definition) is 2. The van der Waals surface area contributed by atoms with E-state index in [4.69, 9.17) is 15.2 Å². The molecule has 196 valence electrons. The molecule has 0 radical (unpaired) electrons. The molecule has 0 amide bonds. The molecule has 4 rings (SSSR count). The summed E-state index contributed by atoms with van der Waals surface area (Å²) in [6, 6.07) is 18.7. The SMILES string of the molecule is CNc1ccc(C(c2ccc(C)c(CN3CCOc4ccccc4S3)c2)C(C)(C)C(=O)OC)c(C)c1N. The van der Waals surface area contributed by atoms with Gasteiger partial charge in [0, 0.05) is 26.1 Å². The van der Waals surface area contributed by atoms with Gasteiger partial charge in [0.25, 0.3) is 0 Å². The fourth-order valence-corrected chi connectivity index (χ4v) is 6.08. The number of nitrogens with two attached hydrogens (primary N) is 1. The Bertz CT molecular complexity index is 1290. The number of benzene rings is 3. The molecule has 0 aromatic heterocycles. The molecule has 3 N–H and O–H groups in total. The molecule has 1 unspecified atom stereocenters. The zero-order valence-electron chi connectivity index (χ0n) is 22.6. The number of hydrogen-bond acceptors (Lipinski definition) is 7. The van der Waals surface area contributed by atoms with Crippen molar-refractivity contribution in [2.75, 3.05) is 38.4 Å². The third-order valence-electron chi connectivity index (χ3n) is 7.30. The van der Waals surface area contributed by atoms with Crippen molar-refractivity contribution in [2.45, 2.75) is 45.1 Å². The minimum absolute atomic E-state index is 0.242. The number of nitrogens with zero attached hydrogens (tertiary/aromatic N) is 1. The van der Waals surface area contributed by atoms with Gasteiger partial charge in [-0.1, -0.05) is 36.4 Å². The number of nitrogens with one attached hydrogen (secondary N) is 1. The first kappa shape index (κ1) is 26.9. The minimum Gasteiger partial charge on any atom is -0.491 e. The molecule has 37 heavy (non-hydrogen) atoms. The Balaban J connectivity index is 1.75. The van der Waals surface area contributed by atoms with Crippen LogP contribution in [0, 0.1) is 19.3 Å². The Labute approximate surface area is 224 Å². The zero-order chi connectivity index (χ0) is 26.7. The lowest BCUT2D eigenvalue weighted by Crippen LogP contribution is -2.34. The number of ether oxygens (including phenoxy) is 2. The second kappa shape index (κ2) is 11.1. The first-order valence-corrected chi connectivity index (χ1v) is 13.3. The van der Waals surface area contributed by atoms with E-state index in [-0.39, 0.29) is 11.9 Å². The van der Waals surface area contributed by atoms with E-state index in [1.54, 1.807) is 11.9 Å². The monoisotopic (exact) mass is 519 g/mol. The van der Waals surface area contributed by atoms with Gasteiger partial charge in [0.05, 0.1) is 28.8 Å². The van der Waals surface area contributed by atoms with Crippen molar-refractivity contribution >= 4 is 29.3 Å². The fraction of sp³-hybridized carbons (Fsp3) is 0.367. The van der Waals surface area contributed by atoms with Crippen molar-refractivity contribution in [3.8, 4) is 5.75 Å². The molecule has 1 aliphatic heterocycles. The van der Waals surface area contributed by atoms with Crippen molar-refractivity contribution in [3.63, 3.8) is 0 Å². The molecular formula is C30H37N3O3S. The highest BCUT2D eigenvalue weighted by molar-refractivity contribution is 7.97. The summed E-state index contributed by atoms with van der Waals surface area (Å²) in [5, 5.41) is 3.15. The molecule has 3 aromatic rings. The highest BCUT2D eigenvalue weighted by atomic mass is 32.2. The van der Waals surface area contributed by atoms with Gasteiger partial charge in [0.15, 0.2) is 0 Å². The van der Waals surface area contributed by atoms with E-state index in [1.807, 2.05) is 52.1 Å². The van der Waals surface area contributed by atoms with Crippen molar-refractivity contribution in [1.82, 2.24) is 4.31 Å². The van der Waals surface area contributed by atoms with Crippen LogP contribution in [0.4, 0.5) is 11.4 Å². The van der Waals surface area contributed by atoms with Gasteiger partial charge in [-0.15, -0.1) is 0 Å². The Hall–Kier alpha value is -3.16. The maximum Gasteiger partial charge on any atom is 0.312 e. The molecule has 0 saturated heterocycles. The lowest BCUT2D eigenvalue weighted by molar-refractivity contribution is -0.151. The van der Waals surface area contributed by atoms with E-state index in [1.165, 1.54) is 18.2 Å². The van der Waals surface area contributed by atoms with Gasteiger partial charge in [0.1, 0.15) is 12.4 Å². The van der Waals surface area contributed by atoms with E-state index in [0.29, 0.717) is 12.3 Å². The summed E-state index contributed by atoms with van der Waals surface area (Å²) in [6.07, 6.45) is 0.